The van der Waals surface area contributed by atoms with Gasteiger partial charge in [0.1, 0.15) is 11.3 Å². The number of ether oxygens (including phenoxy) is 2. The largest absolute Gasteiger partial charge is 0.491 e. The highest BCUT2D eigenvalue weighted by molar-refractivity contribution is 5.96. The normalized spacial score (nSPS) is 12.5. The van der Waals surface area contributed by atoms with E-state index in [1.165, 1.54) is 18.3 Å². The summed E-state index contributed by atoms with van der Waals surface area (Å²) in [6, 6.07) is 9.47. The molecular weight excluding hydrogens is 377 g/mol. The number of carbonyl (C=O) groups is 1. The van der Waals surface area contributed by atoms with E-state index in [-0.39, 0.29) is 18.2 Å². The number of hydrogen-bond acceptors (Lipinski definition) is 5. The third kappa shape index (κ3) is 6.73. The van der Waals surface area contributed by atoms with Crippen molar-refractivity contribution in [3.05, 3.63) is 53.7 Å². The first-order valence-corrected chi connectivity index (χ1v) is 8.53. The molecule has 1 unspecified atom stereocenters. The number of benzene rings is 1. The number of hydrogen-bond donors (Lipinski definition) is 2. The maximum atomic E-state index is 12.3. The van der Waals surface area contributed by atoms with Gasteiger partial charge in [-0.2, -0.15) is 13.2 Å². The van der Waals surface area contributed by atoms with E-state index < -0.39 is 30.7 Å². The van der Waals surface area contributed by atoms with Crippen molar-refractivity contribution in [1.82, 2.24) is 10.3 Å². The van der Waals surface area contributed by atoms with E-state index in [1.807, 2.05) is 13.8 Å². The Morgan fingerprint density at radius 3 is 2.68 bits per heavy atom. The Hall–Kier alpha value is -2.81. The fourth-order valence-corrected chi connectivity index (χ4v) is 2.30. The Labute approximate surface area is 160 Å². The summed E-state index contributed by atoms with van der Waals surface area (Å²) in [5, 5.41) is 12.8. The number of nitrogens with one attached hydrogen (secondary N) is 1. The average molecular weight is 398 g/mol. The number of carbonyl (C=O) groups excluding carboxylic acids is 1. The highest BCUT2D eigenvalue weighted by Gasteiger charge is 2.29. The van der Waals surface area contributed by atoms with Gasteiger partial charge in [-0.3, -0.25) is 4.79 Å². The maximum Gasteiger partial charge on any atom is 0.422 e. The summed E-state index contributed by atoms with van der Waals surface area (Å²) < 4.78 is 47.1. The van der Waals surface area contributed by atoms with Crippen LogP contribution in [-0.2, 0) is 0 Å². The van der Waals surface area contributed by atoms with E-state index in [2.05, 4.69) is 15.0 Å². The van der Waals surface area contributed by atoms with Gasteiger partial charge in [0.25, 0.3) is 5.91 Å². The molecule has 9 heteroatoms. The number of nitrogens with zero attached hydrogens (tertiary/aromatic N) is 1. The summed E-state index contributed by atoms with van der Waals surface area (Å²) in [4.78, 5) is 16.0. The van der Waals surface area contributed by atoms with Gasteiger partial charge in [0, 0.05) is 12.7 Å². The molecule has 1 aromatic heterocycles. The number of rotatable bonds is 8. The van der Waals surface area contributed by atoms with Crippen LogP contribution in [0.3, 0.4) is 0 Å². The van der Waals surface area contributed by atoms with Crippen LogP contribution in [0.15, 0.2) is 42.6 Å². The molecule has 1 aromatic carbocycles. The third-order valence-electron chi connectivity index (χ3n) is 3.46. The number of aliphatic hydroxyl groups is 1. The molecule has 0 radical (unpaired) electrons. The first-order valence-electron chi connectivity index (χ1n) is 8.53. The molecule has 0 bridgehead atoms. The fourth-order valence-electron chi connectivity index (χ4n) is 2.30. The molecule has 0 saturated heterocycles. The Morgan fingerprint density at radius 2 is 2.00 bits per heavy atom. The Bertz CT molecular complexity index is 797. The van der Waals surface area contributed by atoms with Crippen LogP contribution in [0.25, 0.3) is 0 Å². The van der Waals surface area contributed by atoms with Gasteiger partial charge in [0.2, 0.25) is 5.88 Å². The lowest BCUT2D eigenvalue weighted by molar-refractivity contribution is -0.154. The fraction of sp³-hybridized carbons (Fsp3) is 0.368. The Morgan fingerprint density at radius 1 is 1.25 bits per heavy atom. The van der Waals surface area contributed by atoms with Crippen LogP contribution in [0.2, 0.25) is 0 Å². The molecule has 0 aliphatic rings. The van der Waals surface area contributed by atoms with Crippen molar-refractivity contribution in [1.29, 1.82) is 0 Å². The minimum atomic E-state index is -4.55. The average Bonchev–Trinajstić information content (AvgIpc) is 2.63. The van der Waals surface area contributed by atoms with Crippen LogP contribution in [-0.4, -0.2) is 41.4 Å². The van der Waals surface area contributed by atoms with Crippen LogP contribution < -0.4 is 14.8 Å². The quantitative estimate of drug-likeness (QED) is 0.713. The van der Waals surface area contributed by atoms with Crippen molar-refractivity contribution in [2.45, 2.75) is 32.2 Å². The molecule has 2 aromatic rings. The third-order valence-corrected chi connectivity index (χ3v) is 3.46. The van der Waals surface area contributed by atoms with Crippen molar-refractivity contribution >= 4 is 5.91 Å². The van der Waals surface area contributed by atoms with Crippen molar-refractivity contribution in [2.24, 2.45) is 0 Å². The molecule has 1 amide bonds. The van der Waals surface area contributed by atoms with Crippen LogP contribution in [0.4, 0.5) is 13.2 Å². The number of aromatic nitrogens is 1. The van der Waals surface area contributed by atoms with E-state index in [1.54, 1.807) is 24.3 Å². The van der Waals surface area contributed by atoms with Gasteiger partial charge in [-0.05, 0) is 43.7 Å². The molecule has 0 spiro atoms. The molecule has 2 rings (SSSR count). The highest BCUT2D eigenvalue weighted by Crippen LogP contribution is 2.22. The molecule has 2 N–H and O–H groups in total. The number of halogens is 3. The Balaban J connectivity index is 2.00. The molecule has 0 fully saturated rings. The van der Waals surface area contributed by atoms with Gasteiger partial charge >= 0.3 is 6.18 Å². The second-order valence-corrected chi connectivity index (χ2v) is 6.22. The van der Waals surface area contributed by atoms with Crippen molar-refractivity contribution in [3.8, 4) is 11.6 Å². The van der Waals surface area contributed by atoms with E-state index in [0.717, 1.165) is 0 Å². The summed E-state index contributed by atoms with van der Waals surface area (Å²) in [5.41, 5.74) is 0.369. The van der Waals surface area contributed by atoms with E-state index in [9.17, 15) is 23.1 Å². The SMILES string of the molecule is CC(C)Oc1cccc(C(O)CNC(=O)c2cccnc2OCC(F)(F)F)c1. The summed E-state index contributed by atoms with van der Waals surface area (Å²) in [5.74, 6) is -0.564. The minimum Gasteiger partial charge on any atom is -0.491 e. The van der Waals surface area contributed by atoms with Crippen molar-refractivity contribution in [2.75, 3.05) is 13.2 Å². The lowest BCUT2D eigenvalue weighted by atomic mass is 10.1. The minimum absolute atomic E-state index is 0.0344. The molecule has 152 valence electrons. The van der Waals surface area contributed by atoms with Crippen LogP contribution in [0.1, 0.15) is 35.9 Å². The zero-order chi connectivity index (χ0) is 20.7. The lowest BCUT2D eigenvalue weighted by Crippen LogP contribution is -2.29. The number of amides is 1. The topological polar surface area (TPSA) is 80.7 Å². The molecule has 0 aliphatic heterocycles. The number of pyridine rings is 1. The van der Waals surface area contributed by atoms with Gasteiger partial charge < -0.3 is 19.9 Å². The van der Waals surface area contributed by atoms with E-state index in [4.69, 9.17) is 4.74 Å². The second kappa shape index (κ2) is 9.41. The maximum absolute atomic E-state index is 12.3. The summed E-state index contributed by atoms with van der Waals surface area (Å²) >= 11 is 0. The summed E-state index contributed by atoms with van der Waals surface area (Å²) in [7, 11) is 0. The van der Waals surface area contributed by atoms with E-state index in [0.29, 0.717) is 11.3 Å². The first-order chi connectivity index (χ1) is 13.2. The highest BCUT2D eigenvalue weighted by atomic mass is 19.4. The molecule has 0 saturated carbocycles. The van der Waals surface area contributed by atoms with Gasteiger partial charge in [0.15, 0.2) is 6.61 Å². The molecule has 6 nitrogen and oxygen atoms in total. The predicted octanol–water partition coefficient (Wildman–Crippen LogP) is 3.27. The summed E-state index contributed by atoms with van der Waals surface area (Å²) in [6.07, 6.45) is -4.40. The molecule has 28 heavy (non-hydrogen) atoms. The monoisotopic (exact) mass is 398 g/mol. The predicted molar refractivity (Wildman–Crippen MR) is 95.3 cm³/mol. The Kier molecular flexibility index (Phi) is 7.22. The van der Waals surface area contributed by atoms with Crippen molar-refractivity contribution in [3.63, 3.8) is 0 Å². The summed E-state index contributed by atoms with van der Waals surface area (Å²) in [6.45, 7) is 2.03. The van der Waals surface area contributed by atoms with Gasteiger partial charge in [-0.25, -0.2) is 4.98 Å². The lowest BCUT2D eigenvalue weighted by Gasteiger charge is -2.16. The van der Waals surface area contributed by atoms with Crippen molar-refractivity contribution < 1.29 is 32.5 Å². The number of aliphatic hydroxyl groups excluding tert-OH is 1. The zero-order valence-electron chi connectivity index (χ0n) is 15.4. The van der Waals surface area contributed by atoms with Gasteiger partial charge in [-0.1, -0.05) is 12.1 Å². The first kappa shape index (κ1) is 21.5. The smallest absolute Gasteiger partial charge is 0.422 e. The van der Waals surface area contributed by atoms with Gasteiger partial charge in [-0.15, -0.1) is 0 Å². The molecule has 0 aliphatic carbocycles. The standard InChI is InChI=1S/C19H21F3N2O4/c1-12(2)28-14-6-3-5-13(9-14)16(25)10-24-17(26)15-7-4-8-23-18(15)27-11-19(20,21)22/h3-9,12,16,25H,10-11H2,1-2H3,(H,24,26). The van der Waals surface area contributed by atoms with Crippen LogP contribution >= 0.6 is 0 Å². The molecular formula is C19H21F3N2O4. The van der Waals surface area contributed by atoms with E-state index >= 15 is 0 Å². The van der Waals surface area contributed by atoms with Crippen LogP contribution in [0.5, 0.6) is 11.6 Å². The number of alkyl halides is 3. The second-order valence-electron chi connectivity index (χ2n) is 6.22. The van der Waals surface area contributed by atoms with Crippen LogP contribution in [0, 0.1) is 0 Å². The van der Waals surface area contributed by atoms with Gasteiger partial charge in [0.05, 0.1) is 12.2 Å². The molecule has 1 heterocycles. The molecule has 1 atom stereocenters. The zero-order valence-corrected chi connectivity index (χ0v) is 15.4.